The molecular formula is C20H16F2N2O5S. The molecule has 0 saturated carbocycles. The van der Waals surface area contributed by atoms with Gasteiger partial charge in [0.05, 0.1) is 17.2 Å². The molecule has 0 aromatic heterocycles. The number of phenolic OH excluding ortho intramolecular Hbond substituents is 1. The van der Waals surface area contributed by atoms with E-state index in [1.54, 1.807) is 6.92 Å². The van der Waals surface area contributed by atoms with Crippen LogP contribution in [0.4, 0.5) is 19.3 Å². The third kappa shape index (κ3) is 4.77. The summed E-state index contributed by atoms with van der Waals surface area (Å²) in [5.41, 5.74) is 0.246. The van der Waals surface area contributed by atoms with E-state index in [0.29, 0.717) is 30.0 Å². The van der Waals surface area contributed by atoms with Crippen LogP contribution in [0.5, 0.6) is 11.5 Å². The van der Waals surface area contributed by atoms with Crippen molar-refractivity contribution in [3.63, 3.8) is 0 Å². The lowest BCUT2D eigenvalue weighted by molar-refractivity contribution is -0.127. The van der Waals surface area contributed by atoms with Crippen molar-refractivity contribution in [3.8, 4) is 11.5 Å². The van der Waals surface area contributed by atoms with E-state index in [0.717, 1.165) is 17.0 Å². The van der Waals surface area contributed by atoms with E-state index in [1.165, 1.54) is 24.3 Å². The molecule has 156 valence electrons. The number of carbonyl (C=O) groups excluding carboxylic acids is 3. The number of carbonyl (C=O) groups is 3. The fourth-order valence-corrected chi connectivity index (χ4v) is 3.44. The Morgan fingerprint density at radius 1 is 1.23 bits per heavy atom. The predicted octanol–water partition coefficient (Wildman–Crippen LogP) is 3.74. The molecule has 1 fully saturated rings. The van der Waals surface area contributed by atoms with Crippen molar-refractivity contribution >= 4 is 40.6 Å². The molecule has 1 saturated heterocycles. The third-order valence-electron chi connectivity index (χ3n) is 3.96. The molecule has 10 heteroatoms. The van der Waals surface area contributed by atoms with E-state index in [9.17, 15) is 28.3 Å². The van der Waals surface area contributed by atoms with Crippen molar-refractivity contribution in [1.82, 2.24) is 4.90 Å². The summed E-state index contributed by atoms with van der Waals surface area (Å²) in [4.78, 5) is 37.6. The number of halogens is 2. The van der Waals surface area contributed by atoms with Gasteiger partial charge >= 0.3 is 0 Å². The summed E-state index contributed by atoms with van der Waals surface area (Å²) in [6, 6.07) is 7.05. The Morgan fingerprint density at radius 3 is 2.70 bits per heavy atom. The zero-order valence-corrected chi connectivity index (χ0v) is 16.5. The smallest absolute Gasteiger partial charge is 0.294 e. The van der Waals surface area contributed by atoms with Gasteiger partial charge in [-0.05, 0) is 54.6 Å². The van der Waals surface area contributed by atoms with Crippen LogP contribution in [0.1, 0.15) is 12.5 Å². The van der Waals surface area contributed by atoms with Crippen molar-refractivity contribution in [1.29, 1.82) is 0 Å². The highest BCUT2D eigenvalue weighted by atomic mass is 32.2. The molecule has 3 amide bonds. The molecule has 0 bridgehead atoms. The molecule has 7 nitrogen and oxygen atoms in total. The van der Waals surface area contributed by atoms with Crippen LogP contribution in [0, 0.1) is 11.6 Å². The third-order valence-corrected chi connectivity index (χ3v) is 4.87. The van der Waals surface area contributed by atoms with Gasteiger partial charge in [0.2, 0.25) is 5.91 Å². The molecule has 0 aliphatic carbocycles. The molecule has 0 unspecified atom stereocenters. The standard InChI is InChI=1S/C20H16F2N2O5S/c1-2-29-16-7-11(3-6-15(16)25)8-17-19(27)24(20(28)30-17)10-18(26)23-14-5-4-12(21)9-13(14)22/h3-9,25H,2,10H2,1H3,(H,23,26)/b17-8+. The minimum Gasteiger partial charge on any atom is -0.504 e. The van der Waals surface area contributed by atoms with Gasteiger partial charge in [-0.2, -0.15) is 0 Å². The molecule has 1 aliphatic heterocycles. The first-order chi connectivity index (χ1) is 14.3. The lowest BCUT2D eigenvalue weighted by Gasteiger charge is -2.12. The van der Waals surface area contributed by atoms with Gasteiger partial charge in [-0.3, -0.25) is 19.3 Å². The van der Waals surface area contributed by atoms with Gasteiger partial charge in [0.1, 0.15) is 18.2 Å². The molecule has 1 aliphatic rings. The summed E-state index contributed by atoms with van der Waals surface area (Å²) in [5, 5.41) is 11.3. The monoisotopic (exact) mass is 434 g/mol. The molecule has 2 aromatic carbocycles. The first-order valence-electron chi connectivity index (χ1n) is 8.74. The number of aromatic hydroxyl groups is 1. The highest BCUT2D eigenvalue weighted by Gasteiger charge is 2.36. The highest BCUT2D eigenvalue weighted by Crippen LogP contribution is 2.34. The lowest BCUT2D eigenvalue weighted by Crippen LogP contribution is -2.36. The number of amides is 3. The number of nitrogens with one attached hydrogen (secondary N) is 1. The summed E-state index contributed by atoms with van der Waals surface area (Å²) >= 11 is 0.645. The summed E-state index contributed by atoms with van der Waals surface area (Å²) in [6.45, 7) is 1.45. The number of ether oxygens (including phenoxy) is 1. The Kier molecular flexibility index (Phi) is 6.36. The van der Waals surface area contributed by atoms with Crippen molar-refractivity contribution in [3.05, 3.63) is 58.5 Å². The van der Waals surface area contributed by atoms with Crippen molar-refractivity contribution in [2.45, 2.75) is 6.92 Å². The molecule has 2 aromatic rings. The molecule has 2 N–H and O–H groups in total. The fraction of sp³-hybridized carbons (Fsp3) is 0.150. The fourth-order valence-electron chi connectivity index (χ4n) is 2.60. The minimum atomic E-state index is -0.977. The first-order valence-corrected chi connectivity index (χ1v) is 9.56. The lowest BCUT2D eigenvalue weighted by atomic mass is 10.2. The van der Waals surface area contributed by atoms with E-state index in [2.05, 4.69) is 5.32 Å². The molecular weight excluding hydrogens is 418 g/mol. The highest BCUT2D eigenvalue weighted by molar-refractivity contribution is 8.18. The number of imide groups is 1. The maximum Gasteiger partial charge on any atom is 0.294 e. The zero-order valence-electron chi connectivity index (χ0n) is 15.6. The van der Waals surface area contributed by atoms with Gasteiger partial charge < -0.3 is 15.2 Å². The largest absolute Gasteiger partial charge is 0.504 e. The molecule has 0 atom stereocenters. The maximum absolute atomic E-state index is 13.7. The Morgan fingerprint density at radius 2 is 2.00 bits per heavy atom. The predicted molar refractivity (Wildman–Crippen MR) is 107 cm³/mol. The normalized spacial score (nSPS) is 15.0. The van der Waals surface area contributed by atoms with Crippen LogP contribution < -0.4 is 10.1 Å². The Hall–Kier alpha value is -3.40. The van der Waals surface area contributed by atoms with Crippen LogP contribution in [-0.4, -0.2) is 40.2 Å². The Bertz CT molecular complexity index is 1060. The molecule has 0 spiro atoms. The number of nitrogens with zero attached hydrogens (tertiary/aromatic N) is 1. The van der Waals surface area contributed by atoms with Gasteiger partial charge in [-0.25, -0.2) is 8.78 Å². The van der Waals surface area contributed by atoms with E-state index in [4.69, 9.17) is 4.74 Å². The summed E-state index contributed by atoms with van der Waals surface area (Å²) < 4.78 is 31.9. The molecule has 30 heavy (non-hydrogen) atoms. The van der Waals surface area contributed by atoms with Crippen molar-refractivity contribution in [2.24, 2.45) is 0 Å². The van der Waals surface area contributed by atoms with Crippen LogP contribution in [0.3, 0.4) is 0 Å². The second-order valence-electron chi connectivity index (χ2n) is 6.10. The van der Waals surface area contributed by atoms with Gasteiger partial charge in [0.15, 0.2) is 11.5 Å². The Labute approximate surface area is 174 Å². The average molecular weight is 434 g/mol. The van der Waals surface area contributed by atoms with Crippen molar-refractivity contribution < 1.29 is 33.0 Å². The van der Waals surface area contributed by atoms with Gasteiger partial charge in [0.25, 0.3) is 11.1 Å². The SMILES string of the molecule is CCOc1cc(/C=C2/SC(=O)N(CC(=O)Nc3ccc(F)cc3F)C2=O)ccc1O. The number of rotatable bonds is 6. The van der Waals surface area contributed by atoms with Crippen LogP contribution >= 0.6 is 11.8 Å². The van der Waals surface area contributed by atoms with Crippen molar-refractivity contribution in [2.75, 3.05) is 18.5 Å². The molecule has 0 radical (unpaired) electrons. The number of hydrogen-bond donors (Lipinski definition) is 2. The molecule has 1 heterocycles. The maximum atomic E-state index is 13.7. The van der Waals surface area contributed by atoms with Crippen LogP contribution in [0.2, 0.25) is 0 Å². The number of hydrogen-bond acceptors (Lipinski definition) is 6. The van der Waals surface area contributed by atoms with E-state index in [1.807, 2.05) is 0 Å². The first kappa shape index (κ1) is 21.3. The van der Waals surface area contributed by atoms with Crippen LogP contribution in [0.25, 0.3) is 6.08 Å². The number of phenols is 1. The summed E-state index contributed by atoms with van der Waals surface area (Å²) in [7, 11) is 0. The summed E-state index contributed by atoms with van der Waals surface area (Å²) in [6.07, 6.45) is 1.43. The topological polar surface area (TPSA) is 95.9 Å². The Balaban J connectivity index is 1.72. The zero-order chi connectivity index (χ0) is 21.8. The van der Waals surface area contributed by atoms with Crippen LogP contribution in [-0.2, 0) is 9.59 Å². The van der Waals surface area contributed by atoms with E-state index in [-0.39, 0.29) is 22.1 Å². The quantitative estimate of drug-likeness (QED) is 0.673. The van der Waals surface area contributed by atoms with Crippen LogP contribution in [0.15, 0.2) is 41.3 Å². The van der Waals surface area contributed by atoms with Gasteiger partial charge in [0, 0.05) is 6.07 Å². The second-order valence-corrected chi connectivity index (χ2v) is 7.09. The second kappa shape index (κ2) is 8.95. The van der Waals surface area contributed by atoms with Gasteiger partial charge in [-0.1, -0.05) is 6.07 Å². The average Bonchev–Trinajstić information content (AvgIpc) is 2.94. The summed E-state index contributed by atoms with van der Waals surface area (Å²) in [5.74, 6) is -3.12. The number of thioether (sulfide) groups is 1. The van der Waals surface area contributed by atoms with E-state index >= 15 is 0 Å². The molecule has 3 rings (SSSR count). The van der Waals surface area contributed by atoms with E-state index < -0.39 is 35.2 Å². The van der Waals surface area contributed by atoms with Gasteiger partial charge in [-0.15, -0.1) is 0 Å². The minimum absolute atomic E-state index is 0.0631. The number of anilines is 1. The number of benzene rings is 2.